The van der Waals surface area contributed by atoms with E-state index in [0.717, 1.165) is 28.1 Å². The zero-order valence-electron chi connectivity index (χ0n) is 19.3. The Labute approximate surface area is 209 Å². The smallest absolute Gasteiger partial charge is 0.311 e. The highest BCUT2D eigenvalue weighted by molar-refractivity contribution is 6.42. The Kier molecular flexibility index (Phi) is 8.37. The summed E-state index contributed by atoms with van der Waals surface area (Å²) in [4.78, 5) is 12.1. The van der Waals surface area contributed by atoms with Crippen LogP contribution in [0.25, 0.3) is 17.0 Å². The molecule has 3 aromatic rings. The van der Waals surface area contributed by atoms with Crippen molar-refractivity contribution >= 4 is 34.9 Å². The minimum atomic E-state index is -0.901. The van der Waals surface area contributed by atoms with Crippen LogP contribution in [0.15, 0.2) is 79.1 Å². The van der Waals surface area contributed by atoms with Crippen LogP contribution in [-0.4, -0.2) is 28.0 Å². The highest BCUT2D eigenvalue weighted by atomic mass is 35.5. The third kappa shape index (κ3) is 5.99. The number of aromatic nitrogens is 2. The van der Waals surface area contributed by atoms with E-state index >= 15 is 0 Å². The van der Waals surface area contributed by atoms with E-state index in [1.807, 2.05) is 56.3 Å². The molecule has 0 saturated carbocycles. The van der Waals surface area contributed by atoms with Gasteiger partial charge < -0.3 is 9.84 Å². The van der Waals surface area contributed by atoms with Gasteiger partial charge in [0, 0.05) is 17.7 Å². The maximum absolute atomic E-state index is 12.1. The van der Waals surface area contributed by atoms with Crippen molar-refractivity contribution in [2.75, 3.05) is 7.11 Å². The van der Waals surface area contributed by atoms with Crippen LogP contribution in [0, 0.1) is 6.92 Å². The van der Waals surface area contributed by atoms with Crippen molar-refractivity contribution in [2.24, 2.45) is 0 Å². The summed E-state index contributed by atoms with van der Waals surface area (Å²) < 4.78 is 7.00. The Morgan fingerprint density at radius 3 is 2.56 bits per heavy atom. The van der Waals surface area contributed by atoms with E-state index < -0.39 is 11.9 Å². The van der Waals surface area contributed by atoms with Crippen LogP contribution in [0.1, 0.15) is 29.7 Å². The van der Waals surface area contributed by atoms with Gasteiger partial charge in [-0.05, 0) is 55.8 Å². The zero-order chi connectivity index (χ0) is 24.8. The molecule has 0 amide bonds. The van der Waals surface area contributed by atoms with Crippen molar-refractivity contribution in [2.45, 2.75) is 26.2 Å². The lowest BCUT2D eigenvalue weighted by Crippen LogP contribution is -2.15. The molecule has 5 nitrogen and oxygen atoms in total. The van der Waals surface area contributed by atoms with E-state index in [1.165, 1.54) is 0 Å². The van der Waals surface area contributed by atoms with E-state index in [0.29, 0.717) is 21.5 Å². The molecule has 176 valence electrons. The number of carbonyl (C=O) groups is 1. The number of ether oxygens (including phenoxy) is 1. The molecule has 34 heavy (non-hydrogen) atoms. The molecule has 3 rings (SSSR count). The first-order valence-corrected chi connectivity index (χ1v) is 11.4. The molecule has 0 spiro atoms. The van der Waals surface area contributed by atoms with Gasteiger partial charge in [-0.3, -0.25) is 4.79 Å². The summed E-state index contributed by atoms with van der Waals surface area (Å²) in [6.45, 7) is 7.57. The van der Waals surface area contributed by atoms with Gasteiger partial charge in [0.15, 0.2) is 0 Å². The fourth-order valence-electron chi connectivity index (χ4n) is 3.60. The van der Waals surface area contributed by atoms with Crippen LogP contribution >= 0.6 is 23.2 Å². The van der Waals surface area contributed by atoms with E-state index in [4.69, 9.17) is 33.0 Å². The number of carboxylic acid groups (broad SMARTS) is 1. The van der Waals surface area contributed by atoms with Crippen molar-refractivity contribution in [1.82, 2.24) is 9.78 Å². The highest BCUT2D eigenvalue weighted by Crippen LogP contribution is 2.31. The fraction of sp³-hybridized carbons (Fsp3) is 0.185. The molecule has 1 aromatic heterocycles. The number of carboxylic acids is 1. The lowest BCUT2D eigenvalue weighted by molar-refractivity contribution is -0.138. The van der Waals surface area contributed by atoms with Gasteiger partial charge >= 0.3 is 5.97 Å². The van der Waals surface area contributed by atoms with Crippen LogP contribution < -0.4 is 0 Å². The van der Waals surface area contributed by atoms with Crippen LogP contribution in [0.3, 0.4) is 0 Å². The van der Waals surface area contributed by atoms with Gasteiger partial charge in [-0.1, -0.05) is 65.7 Å². The van der Waals surface area contributed by atoms with Gasteiger partial charge in [-0.25, -0.2) is 4.68 Å². The van der Waals surface area contributed by atoms with Crippen LogP contribution in [0.5, 0.6) is 0 Å². The molecule has 1 unspecified atom stereocenters. The molecular weight excluding hydrogens is 471 g/mol. The summed E-state index contributed by atoms with van der Waals surface area (Å²) in [5.41, 5.74) is 4.76. The Morgan fingerprint density at radius 2 is 1.94 bits per heavy atom. The molecule has 0 fully saturated rings. The predicted octanol–water partition coefficient (Wildman–Crippen LogP) is 7.15. The van der Waals surface area contributed by atoms with Crippen molar-refractivity contribution in [3.63, 3.8) is 0 Å². The number of aliphatic carboxylic acids is 1. The molecule has 1 N–H and O–H groups in total. The number of benzene rings is 2. The van der Waals surface area contributed by atoms with E-state index in [2.05, 4.69) is 6.58 Å². The fourth-order valence-corrected chi connectivity index (χ4v) is 3.89. The van der Waals surface area contributed by atoms with Crippen molar-refractivity contribution < 1.29 is 14.6 Å². The largest absolute Gasteiger partial charge is 0.497 e. The summed E-state index contributed by atoms with van der Waals surface area (Å²) in [5.74, 6) is -1.02. The average molecular weight is 497 g/mol. The molecule has 0 aliphatic heterocycles. The molecule has 0 bridgehead atoms. The summed E-state index contributed by atoms with van der Waals surface area (Å²) >= 11 is 12.4. The SMILES string of the molecule is C=C/C(=C\C=C(/C)n1nc(CC(C(=O)O)c2cccc(C)c2)cc1-c1ccc(Cl)c(Cl)c1)OC. The third-order valence-electron chi connectivity index (χ3n) is 5.39. The molecule has 0 saturated heterocycles. The van der Waals surface area contributed by atoms with Gasteiger partial charge in [-0.15, -0.1) is 0 Å². The number of halogens is 2. The van der Waals surface area contributed by atoms with Gasteiger partial charge in [0.1, 0.15) is 5.76 Å². The highest BCUT2D eigenvalue weighted by Gasteiger charge is 2.23. The van der Waals surface area contributed by atoms with Crippen molar-refractivity contribution in [3.05, 3.63) is 106 Å². The first-order chi connectivity index (χ1) is 16.2. The summed E-state index contributed by atoms with van der Waals surface area (Å²) in [5, 5.41) is 15.6. The Morgan fingerprint density at radius 1 is 1.18 bits per heavy atom. The lowest BCUT2D eigenvalue weighted by atomic mass is 9.93. The first kappa shape index (κ1) is 25.3. The van der Waals surface area contributed by atoms with Crippen LogP contribution in [0.4, 0.5) is 0 Å². The monoisotopic (exact) mass is 496 g/mol. The minimum absolute atomic E-state index is 0.235. The number of rotatable bonds is 9. The summed E-state index contributed by atoms with van der Waals surface area (Å²) in [6, 6.07) is 14.8. The maximum atomic E-state index is 12.1. The topological polar surface area (TPSA) is 64.4 Å². The molecule has 0 aliphatic carbocycles. The van der Waals surface area contributed by atoms with Gasteiger partial charge in [0.05, 0.1) is 34.5 Å². The quantitative estimate of drug-likeness (QED) is 0.252. The number of allylic oxidation sites excluding steroid dienone is 4. The zero-order valence-corrected chi connectivity index (χ0v) is 20.8. The van der Waals surface area contributed by atoms with E-state index in [-0.39, 0.29) is 6.42 Å². The second-order valence-electron chi connectivity index (χ2n) is 7.86. The molecule has 0 aliphatic rings. The number of methoxy groups -OCH3 is 1. The van der Waals surface area contributed by atoms with E-state index in [1.54, 1.807) is 36.1 Å². The Bertz CT molecular complexity index is 1270. The predicted molar refractivity (Wildman–Crippen MR) is 138 cm³/mol. The van der Waals surface area contributed by atoms with Gasteiger partial charge in [-0.2, -0.15) is 5.10 Å². The molecule has 7 heteroatoms. The summed E-state index contributed by atoms with van der Waals surface area (Å²) in [7, 11) is 1.57. The minimum Gasteiger partial charge on any atom is -0.497 e. The van der Waals surface area contributed by atoms with Crippen LogP contribution in [-0.2, 0) is 16.0 Å². The molecule has 0 radical (unpaired) electrons. The number of aryl methyl sites for hydroxylation is 1. The second-order valence-corrected chi connectivity index (χ2v) is 8.67. The lowest BCUT2D eigenvalue weighted by Gasteiger charge is -2.12. The number of nitrogens with zero attached hydrogens (tertiary/aromatic N) is 2. The van der Waals surface area contributed by atoms with Crippen LogP contribution in [0.2, 0.25) is 10.0 Å². The first-order valence-electron chi connectivity index (χ1n) is 10.6. The third-order valence-corrected chi connectivity index (χ3v) is 6.13. The Hall–Kier alpha value is -3.28. The van der Waals surface area contributed by atoms with E-state index in [9.17, 15) is 9.90 Å². The molecule has 1 heterocycles. The number of hydrogen-bond donors (Lipinski definition) is 1. The summed E-state index contributed by atoms with van der Waals surface area (Å²) in [6.07, 6.45) is 5.49. The standard InChI is InChI=1S/C27H26Cl2N2O3/c1-5-22(34-4)11-9-18(3)31-26(20-10-12-24(28)25(29)14-20)16-21(30-31)15-23(27(32)33)19-8-6-7-17(2)13-19/h5-14,16,23H,1,15H2,2-4H3,(H,32,33)/b18-9+,22-11+. The molecule has 1 atom stereocenters. The van der Waals surface area contributed by atoms with Crippen molar-refractivity contribution in [1.29, 1.82) is 0 Å². The maximum Gasteiger partial charge on any atom is 0.311 e. The average Bonchev–Trinajstić information content (AvgIpc) is 3.23. The molecular formula is C27H26Cl2N2O3. The Balaban J connectivity index is 2.09. The number of hydrogen-bond acceptors (Lipinski definition) is 3. The van der Waals surface area contributed by atoms with Gasteiger partial charge in [0.25, 0.3) is 0 Å². The molecule has 2 aromatic carbocycles. The second kappa shape index (κ2) is 11.2. The normalized spacial score (nSPS) is 13.0. The van der Waals surface area contributed by atoms with Gasteiger partial charge in [0.2, 0.25) is 0 Å². The van der Waals surface area contributed by atoms with Crippen molar-refractivity contribution in [3.8, 4) is 11.3 Å².